The fourth-order valence-corrected chi connectivity index (χ4v) is 6.89. The molecule has 162 valence electrons. The van der Waals surface area contributed by atoms with Gasteiger partial charge in [-0.1, -0.05) is 41.9 Å². The largest absolute Gasteiger partial charge is 0.450 e. The lowest BCUT2D eigenvalue weighted by atomic mass is 9.80. The van der Waals surface area contributed by atoms with Crippen LogP contribution in [0.1, 0.15) is 54.1 Å². The lowest BCUT2D eigenvalue weighted by Gasteiger charge is -2.44. The Labute approximate surface area is 195 Å². The van der Waals surface area contributed by atoms with Crippen LogP contribution in [0.15, 0.2) is 58.4 Å². The molecule has 2 fully saturated rings. The minimum Gasteiger partial charge on any atom is -0.450 e. The average molecular weight is 465 g/mol. The summed E-state index contributed by atoms with van der Waals surface area (Å²) in [5.74, 6) is -0.408. The average Bonchev–Trinajstić information content (AvgIpc) is 3.39. The van der Waals surface area contributed by atoms with E-state index in [4.69, 9.17) is 16.3 Å². The van der Waals surface area contributed by atoms with E-state index < -0.39 is 5.60 Å². The van der Waals surface area contributed by atoms with E-state index >= 15 is 0 Å². The van der Waals surface area contributed by atoms with E-state index in [0.717, 1.165) is 47.6 Å². The van der Waals surface area contributed by atoms with Gasteiger partial charge in [0.15, 0.2) is 5.17 Å². The number of amides is 1. The number of nitrogens with zero attached hydrogens (tertiary/aromatic N) is 2. The van der Waals surface area contributed by atoms with Crippen LogP contribution in [-0.4, -0.2) is 34.0 Å². The van der Waals surface area contributed by atoms with Gasteiger partial charge in [0.05, 0.1) is 10.5 Å². The molecule has 6 rings (SSSR count). The molecule has 4 aliphatic rings. The summed E-state index contributed by atoms with van der Waals surface area (Å²) < 4.78 is 6.00. The van der Waals surface area contributed by atoms with Crippen molar-refractivity contribution in [3.8, 4) is 0 Å². The monoisotopic (exact) mass is 464 g/mol. The normalized spacial score (nSPS) is 29.9. The number of ether oxygens (including phenoxy) is 1. The number of esters is 1. The predicted molar refractivity (Wildman–Crippen MR) is 125 cm³/mol. The van der Waals surface area contributed by atoms with Crippen molar-refractivity contribution < 1.29 is 14.3 Å². The summed E-state index contributed by atoms with van der Waals surface area (Å²) in [6, 6.07) is 15.6. The molecule has 0 saturated carbocycles. The number of piperidine rings is 1. The molecule has 0 aromatic heterocycles. The highest BCUT2D eigenvalue weighted by molar-refractivity contribution is 8.18. The van der Waals surface area contributed by atoms with Gasteiger partial charge < -0.3 is 9.64 Å². The fraction of sp³-hybridized carbons (Fsp3) is 0.320. The number of carbonyl (C=O) groups excluding carboxylic acids is 2. The summed E-state index contributed by atoms with van der Waals surface area (Å²) in [6.45, 7) is 1.96. The molecule has 5 nitrogen and oxygen atoms in total. The number of hydrogen-bond acceptors (Lipinski definition) is 5. The van der Waals surface area contributed by atoms with Crippen LogP contribution in [0.3, 0.4) is 0 Å². The minimum absolute atomic E-state index is 0.185. The van der Waals surface area contributed by atoms with Gasteiger partial charge in [-0.15, -0.1) is 0 Å². The predicted octanol–water partition coefficient (Wildman–Crippen LogP) is 5.39. The quantitative estimate of drug-likeness (QED) is 0.418. The fourth-order valence-electron chi connectivity index (χ4n) is 5.64. The molecule has 2 aromatic rings. The van der Waals surface area contributed by atoms with Crippen LogP contribution in [0, 0.1) is 0 Å². The Hall–Kier alpha value is -2.57. The van der Waals surface area contributed by atoms with Crippen molar-refractivity contribution in [1.29, 1.82) is 0 Å². The van der Waals surface area contributed by atoms with Gasteiger partial charge >= 0.3 is 5.97 Å². The number of benzene rings is 2. The van der Waals surface area contributed by atoms with Crippen molar-refractivity contribution in [2.24, 2.45) is 4.99 Å². The molecule has 1 amide bonds. The van der Waals surface area contributed by atoms with Gasteiger partial charge in [0.2, 0.25) is 0 Å². The van der Waals surface area contributed by atoms with Crippen LogP contribution >= 0.6 is 23.4 Å². The number of thioether (sulfide) groups is 1. The Bertz CT molecular complexity index is 1210. The van der Waals surface area contributed by atoms with E-state index in [1.54, 1.807) is 0 Å². The summed E-state index contributed by atoms with van der Waals surface area (Å²) in [7, 11) is 0. The Balaban J connectivity index is 1.28. The van der Waals surface area contributed by atoms with Gasteiger partial charge in [0.1, 0.15) is 5.60 Å². The highest BCUT2D eigenvalue weighted by Crippen LogP contribution is 2.53. The third kappa shape index (κ3) is 2.96. The van der Waals surface area contributed by atoms with E-state index in [2.05, 4.69) is 9.89 Å². The zero-order valence-corrected chi connectivity index (χ0v) is 19.1. The molecule has 2 saturated heterocycles. The first-order valence-corrected chi connectivity index (χ1v) is 12.0. The lowest BCUT2D eigenvalue weighted by Crippen LogP contribution is -2.51. The van der Waals surface area contributed by atoms with E-state index in [1.165, 1.54) is 11.8 Å². The van der Waals surface area contributed by atoms with E-state index in [1.807, 2.05) is 55.5 Å². The number of aliphatic imine (C=N–C) groups is 1. The number of halogens is 1. The van der Waals surface area contributed by atoms with Gasteiger partial charge in [0, 0.05) is 35.5 Å². The van der Waals surface area contributed by atoms with Crippen molar-refractivity contribution in [3.63, 3.8) is 0 Å². The van der Waals surface area contributed by atoms with Gasteiger partial charge in [-0.25, -0.2) is 4.79 Å². The highest BCUT2D eigenvalue weighted by Gasteiger charge is 2.56. The molecule has 2 bridgehead atoms. The smallest absolute Gasteiger partial charge is 0.339 e. The topological polar surface area (TPSA) is 59.0 Å². The van der Waals surface area contributed by atoms with Gasteiger partial charge in [0.25, 0.3) is 5.91 Å². The molecule has 4 aliphatic heterocycles. The third-order valence-corrected chi connectivity index (χ3v) is 8.52. The van der Waals surface area contributed by atoms with Crippen molar-refractivity contribution in [1.82, 2.24) is 4.90 Å². The van der Waals surface area contributed by atoms with Crippen LogP contribution < -0.4 is 0 Å². The molecule has 1 spiro atoms. The number of fused-ring (bicyclic) bond motifs is 4. The summed E-state index contributed by atoms with van der Waals surface area (Å²) in [4.78, 5) is 32.7. The molecular formula is C25H21ClN2O3S. The van der Waals surface area contributed by atoms with Crippen LogP contribution in [0.2, 0.25) is 5.02 Å². The van der Waals surface area contributed by atoms with Crippen LogP contribution in [-0.2, 0) is 15.1 Å². The van der Waals surface area contributed by atoms with Crippen LogP contribution in [0.4, 0.5) is 0 Å². The summed E-state index contributed by atoms with van der Waals surface area (Å²) in [6.07, 6.45) is 3.48. The minimum atomic E-state index is -0.554. The molecule has 0 aliphatic carbocycles. The second kappa shape index (κ2) is 7.22. The molecule has 4 heterocycles. The van der Waals surface area contributed by atoms with E-state index in [9.17, 15) is 9.59 Å². The number of carbonyl (C=O) groups is 2. The Morgan fingerprint density at radius 2 is 1.78 bits per heavy atom. The van der Waals surface area contributed by atoms with Crippen molar-refractivity contribution in [3.05, 3.63) is 75.1 Å². The number of allylic oxidation sites excluding steroid dienone is 1. The van der Waals surface area contributed by atoms with Crippen LogP contribution in [0.25, 0.3) is 5.57 Å². The lowest BCUT2D eigenvalue weighted by molar-refractivity contribution is -0.113. The van der Waals surface area contributed by atoms with Crippen LogP contribution in [0.5, 0.6) is 0 Å². The SMILES string of the molecule is C/C(=C1/SC(N2[C@@H]3CC[C@H]2CC2(C3)OC(=O)c3ccccc32)=NC1=O)c1ccc(Cl)cc1. The van der Waals surface area contributed by atoms with Gasteiger partial charge in [-0.2, -0.15) is 4.99 Å². The summed E-state index contributed by atoms with van der Waals surface area (Å²) in [5.41, 5.74) is 3.03. The first kappa shape index (κ1) is 20.1. The van der Waals surface area contributed by atoms with E-state index in [0.29, 0.717) is 15.5 Å². The Morgan fingerprint density at radius 3 is 2.50 bits per heavy atom. The molecule has 0 radical (unpaired) electrons. The zero-order valence-electron chi connectivity index (χ0n) is 17.5. The number of rotatable bonds is 1. The van der Waals surface area contributed by atoms with Crippen molar-refractivity contribution in [2.75, 3.05) is 0 Å². The first-order chi connectivity index (χ1) is 15.4. The summed E-state index contributed by atoms with van der Waals surface area (Å²) in [5, 5.41) is 1.44. The summed E-state index contributed by atoms with van der Waals surface area (Å²) >= 11 is 7.47. The maximum atomic E-state index is 12.8. The van der Waals surface area contributed by atoms with E-state index in [-0.39, 0.29) is 24.0 Å². The molecule has 1 unspecified atom stereocenters. The Kier molecular flexibility index (Phi) is 4.53. The standard InChI is InChI=1S/C25H21ClN2O3S/c1-14(15-6-8-16(26)9-7-15)21-22(29)27-24(32-21)28-17-10-11-18(28)13-25(12-17)20-5-3-2-4-19(20)23(30)31-25/h2-9,17-18H,10-13H2,1H3/b21-14-/t17-,18+,25?. The molecular weight excluding hydrogens is 444 g/mol. The van der Waals surface area contributed by atoms with Gasteiger partial charge in [-0.3, -0.25) is 4.79 Å². The number of hydrogen-bond donors (Lipinski definition) is 0. The maximum absolute atomic E-state index is 12.8. The highest BCUT2D eigenvalue weighted by atomic mass is 35.5. The molecule has 3 atom stereocenters. The third-order valence-electron chi connectivity index (χ3n) is 7.10. The second-order valence-corrected chi connectivity index (χ2v) is 10.3. The zero-order chi connectivity index (χ0) is 22.0. The molecule has 7 heteroatoms. The maximum Gasteiger partial charge on any atom is 0.339 e. The molecule has 2 aromatic carbocycles. The van der Waals surface area contributed by atoms with Crippen molar-refractivity contribution in [2.45, 2.75) is 50.3 Å². The molecule has 32 heavy (non-hydrogen) atoms. The van der Waals surface area contributed by atoms with Gasteiger partial charge in [-0.05, 0) is 60.9 Å². The second-order valence-electron chi connectivity index (χ2n) is 8.89. The first-order valence-electron chi connectivity index (χ1n) is 10.8. The Morgan fingerprint density at radius 1 is 1.09 bits per heavy atom. The molecule has 0 N–H and O–H groups in total. The number of amidine groups is 1. The van der Waals surface area contributed by atoms with Crippen molar-refractivity contribution >= 4 is 46.0 Å².